The molecule has 0 bridgehead atoms. The van der Waals surface area contributed by atoms with Crippen LogP contribution in [0.2, 0.25) is 10.6 Å². The Morgan fingerprint density at radius 3 is 1.93 bits per heavy atom. The zero-order valence-corrected chi connectivity index (χ0v) is 21.0. The quantitative estimate of drug-likeness (QED) is 0.155. The highest BCUT2D eigenvalue weighted by atomic mass is 35.5. The molecule has 5 rings (SSSR count). The van der Waals surface area contributed by atoms with Gasteiger partial charge in [0.15, 0.2) is 23.3 Å². The first-order valence-corrected chi connectivity index (χ1v) is 11.4. The van der Waals surface area contributed by atoms with Gasteiger partial charge in [0, 0.05) is 23.0 Å². The molecule has 5 aromatic rings. The second-order valence-electron chi connectivity index (χ2n) is 7.31. The summed E-state index contributed by atoms with van der Waals surface area (Å²) in [5.41, 5.74) is 1.49. The van der Waals surface area contributed by atoms with Crippen molar-refractivity contribution in [2.24, 2.45) is 0 Å². The minimum atomic E-state index is -4.80. The van der Waals surface area contributed by atoms with E-state index in [9.17, 15) is 22.0 Å². The number of hydrogen-bond acceptors (Lipinski definition) is 10. The van der Waals surface area contributed by atoms with E-state index in [0.29, 0.717) is 11.5 Å². The van der Waals surface area contributed by atoms with Crippen LogP contribution in [0.1, 0.15) is 0 Å². The Hall–Kier alpha value is -4.70. The van der Waals surface area contributed by atoms with E-state index in [2.05, 4.69) is 55.9 Å². The summed E-state index contributed by atoms with van der Waals surface area (Å²) in [4.78, 5) is 14.3. The molecule has 0 radical (unpaired) electrons. The average Bonchev–Trinajstić information content (AvgIpc) is 3.44. The van der Waals surface area contributed by atoms with E-state index in [1.54, 1.807) is 24.3 Å². The van der Waals surface area contributed by atoms with Gasteiger partial charge in [0.25, 0.3) is 0 Å². The summed E-state index contributed by atoms with van der Waals surface area (Å²) >= 11 is 11.1. The molecule has 0 fully saturated rings. The summed E-state index contributed by atoms with van der Waals surface area (Å²) in [6.07, 6.45) is -2.96. The highest BCUT2D eigenvalue weighted by Crippen LogP contribution is 2.27. The largest absolute Gasteiger partial charge is 0.573 e. The van der Waals surface area contributed by atoms with Crippen molar-refractivity contribution in [1.29, 1.82) is 0 Å². The Morgan fingerprint density at radius 1 is 0.800 bits per heavy atom. The lowest BCUT2D eigenvalue weighted by molar-refractivity contribution is -0.274. The van der Waals surface area contributed by atoms with E-state index in [1.165, 1.54) is 12.1 Å². The fourth-order valence-corrected chi connectivity index (χ4v) is 3.20. The SMILES string of the molecule is Fc1cnc(Cl)nc1Nc1cccc(-c2nn[nH]n2)c1.Fc1cnc(Cl)nc1Nc1cccc(OC(F)(F)F)c1. The summed E-state index contributed by atoms with van der Waals surface area (Å²) in [7, 11) is 0. The van der Waals surface area contributed by atoms with Crippen LogP contribution in [-0.4, -0.2) is 46.9 Å². The molecule has 0 saturated carbocycles. The smallest absolute Gasteiger partial charge is 0.406 e. The Labute approximate surface area is 230 Å². The molecule has 0 aliphatic heterocycles. The van der Waals surface area contributed by atoms with Gasteiger partial charge in [-0.05, 0) is 52.7 Å². The number of nitrogens with zero attached hydrogens (tertiary/aromatic N) is 7. The minimum Gasteiger partial charge on any atom is -0.406 e. The van der Waals surface area contributed by atoms with Crippen molar-refractivity contribution in [1.82, 2.24) is 40.6 Å². The van der Waals surface area contributed by atoms with Gasteiger partial charge in [-0.3, -0.25) is 0 Å². The number of ether oxygens (including phenoxy) is 1. The molecule has 2 aromatic carbocycles. The van der Waals surface area contributed by atoms with E-state index in [-0.39, 0.29) is 27.9 Å². The number of nitrogens with one attached hydrogen (secondary N) is 3. The normalized spacial score (nSPS) is 10.9. The molecule has 0 aliphatic carbocycles. The fourth-order valence-electron chi connectivity index (χ4n) is 2.93. The lowest BCUT2D eigenvalue weighted by atomic mass is 10.2. The Balaban J connectivity index is 0.000000185. The van der Waals surface area contributed by atoms with Crippen LogP contribution < -0.4 is 15.4 Å². The van der Waals surface area contributed by atoms with Crippen LogP contribution in [0.4, 0.5) is 45.0 Å². The topological polar surface area (TPSA) is 139 Å². The van der Waals surface area contributed by atoms with Crippen LogP contribution in [0.3, 0.4) is 0 Å². The van der Waals surface area contributed by atoms with Gasteiger partial charge >= 0.3 is 6.36 Å². The van der Waals surface area contributed by atoms with E-state index in [4.69, 9.17) is 23.2 Å². The van der Waals surface area contributed by atoms with Crippen molar-refractivity contribution < 1.29 is 26.7 Å². The number of aromatic amines is 1. The summed E-state index contributed by atoms with van der Waals surface area (Å²) < 4.78 is 66.9. The van der Waals surface area contributed by atoms with Crippen molar-refractivity contribution in [3.63, 3.8) is 0 Å². The molecule has 206 valence electrons. The highest BCUT2D eigenvalue weighted by Gasteiger charge is 2.31. The maximum Gasteiger partial charge on any atom is 0.573 e. The average molecular weight is 599 g/mol. The number of rotatable bonds is 6. The Bertz CT molecular complexity index is 1590. The predicted molar refractivity (Wildman–Crippen MR) is 133 cm³/mol. The van der Waals surface area contributed by atoms with Crippen LogP contribution in [0.25, 0.3) is 11.4 Å². The van der Waals surface area contributed by atoms with Gasteiger partial charge in [-0.1, -0.05) is 18.2 Å². The number of halogens is 7. The lowest BCUT2D eigenvalue weighted by Crippen LogP contribution is -2.17. The van der Waals surface area contributed by atoms with E-state index in [0.717, 1.165) is 30.1 Å². The summed E-state index contributed by atoms with van der Waals surface area (Å²) in [6, 6.07) is 11.9. The third-order valence-corrected chi connectivity index (χ3v) is 4.85. The first kappa shape index (κ1) is 28.3. The summed E-state index contributed by atoms with van der Waals surface area (Å²) in [5, 5.41) is 18.7. The van der Waals surface area contributed by atoms with Crippen LogP contribution in [0.15, 0.2) is 60.9 Å². The maximum absolute atomic E-state index is 13.5. The molecule has 0 unspecified atom stereocenters. The van der Waals surface area contributed by atoms with E-state index < -0.39 is 23.7 Å². The van der Waals surface area contributed by atoms with Gasteiger partial charge in [0.05, 0.1) is 12.4 Å². The molecule has 3 aromatic heterocycles. The monoisotopic (exact) mass is 598 g/mol. The number of alkyl halides is 3. The van der Waals surface area contributed by atoms with Gasteiger partial charge < -0.3 is 15.4 Å². The van der Waals surface area contributed by atoms with Crippen molar-refractivity contribution in [3.05, 3.63) is 83.1 Å². The summed E-state index contributed by atoms with van der Waals surface area (Å²) in [6.45, 7) is 0. The third-order valence-electron chi connectivity index (χ3n) is 4.49. The molecular weight excluding hydrogens is 586 g/mol. The van der Waals surface area contributed by atoms with Crippen molar-refractivity contribution in [2.75, 3.05) is 10.6 Å². The zero-order valence-electron chi connectivity index (χ0n) is 19.5. The molecule has 0 amide bonds. The van der Waals surface area contributed by atoms with Gasteiger partial charge in [0.2, 0.25) is 16.4 Å². The molecule has 11 nitrogen and oxygen atoms in total. The minimum absolute atomic E-state index is 0.00439. The molecule has 18 heteroatoms. The van der Waals surface area contributed by atoms with Gasteiger partial charge in [-0.2, -0.15) is 15.2 Å². The van der Waals surface area contributed by atoms with Crippen LogP contribution in [-0.2, 0) is 0 Å². The van der Waals surface area contributed by atoms with Crippen LogP contribution >= 0.6 is 23.2 Å². The number of hydrogen-bond donors (Lipinski definition) is 3. The number of benzene rings is 2. The summed E-state index contributed by atoms with van der Waals surface area (Å²) in [5.74, 6) is -1.65. The highest BCUT2D eigenvalue weighted by molar-refractivity contribution is 6.28. The third kappa shape index (κ3) is 8.15. The number of aromatic nitrogens is 8. The standard InChI is InChI=1S/C11H6ClF4N3O.C11H7ClFN7/c12-10-17-5-8(13)9(19-10)18-6-2-1-3-7(4-6)20-11(14,15)16;12-11-14-5-8(13)10(16-11)15-7-3-1-2-6(4-7)9-17-19-20-18-9/h1-5H,(H,17,18,19);1-5H,(H,14,15,16)(H,17,18,19,20). The maximum atomic E-state index is 13.5. The second-order valence-corrected chi connectivity index (χ2v) is 7.99. The molecule has 0 atom stereocenters. The van der Waals surface area contributed by atoms with Gasteiger partial charge in [-0.15, -0.1) is 23.4 Å². The number of tetrazole rings is 1. The molecule has 3 heterocycles. The number of H-pyrrole nitrogens is 1. The molecule has 0 aliphatic rings. The molecular formula is C22H13Cl2F5N10O. The van der Waals surface area contributed by atoms with Crippen molar-refractivity contribution in [3.8, 4) is 17.1 Å². The predicted octanol–water partition coefficient (Wildman–Crippen LogP) is 6.10. The molecule has 0 saturated heterocycles. The Morgan fingerprint density at radius 2 is 1.38 bits per heavy atom. The molecule has 40 heavy (non-hydrogen) atoms. The zero-order chi connectivity index (χ0) is 28.7. The van der Waals surface area contributed by atoms with Gasteiger partial charge in [0.1, 0.15) is 5.75 Å². The first-order valence-electron chi connectivity index (χ1n) is 10.7. The van der Waals surface area contributed by atoms with Crippen molar-refractivity contribution >= 4 is 46.2 Å². The van der Waals surface area contributed by atoms with Crippen molar-refractivity contribution in [2.45, 2.75) is 6.36 Å². The first-order chi connectivity index (χ1) is 19.1. The van der Waals surface area contributed by atoms with E-state index >= 15 is 0 Å². The number of anilines is 4. The van der Waals surface area contributed by atoms with Crippen LogP contribution in [0.5, 0.6) is 5.75 Å². The molecule has 3 N–H and O–H groups in total. The Kier molecular flexibility index (Phi) is 8.80. The second kappa shape index (κ2) is 12.4. The van der Waals surface area contributed by atoms with Crippen LogP contribution in [0, 0.1) is 11.6 Å². The lowest BCUT2D eigenvalue weighted by Gasteiger charge is -2.11. The van der Waals surface area contributed by atoms with Gasteiger partial charge in [-0.25, -0.2) is 18.7 Å². The van der Waals surface area contributed by atoms with E-state index in [1.807, 2.05) is 0 Å². The fraction of sp³-hybridized carbons (Fsp3) is 0.0455. The molecule has 0 spiro atoms.